The number of hydrogen-bond donors (Lipinski definition) is 0. The van der Waals surface area contributed by atoms with Crippen LogP contribution in [0.4, 0.5) is 0 Å². The van der Waals surface area contributed by atoms with Gasteiger partial charge in [0.2, 0.25) is 0 Å². The molecule has 0 aliphatic carbocycles. The molecular formula is C17H23NO. The molecule has 102 valence electrons. The van der Waals surface area contributed by atoms with Crippen molar-refractivity contribution in [2.75, 3.05) is 13.2 Å². The van der Waals surface area contributed by atoms with Crippen molar-refractivity contribution in [3.63, 3.8) is 0 Å². The Kier molecular flexibility index (Phi) is 3.45. The maximum atomic E-state index is 9.33. The van der Waals surface area contributed by atoms with Gasteiger partial charge in [-0.25, -0.2) is 0 Å². The van der Waals surface area contributed by atoms with E-state index in [0.29, 0.717) is 13.2 Å². The van der Waals surface area contributed by atoms with Crippen LogP contribution in [0.25, 0.3) is 0 Å². The van der Waals surface area contributed by atoms with Gasteiger partial charge in [-0.05, 0) is 47.9 Å². The summed E-state index contributed by atoms with van der Waals surface area (Å²) in [5, 5.41) is 9.33. The highest BCUT2D eigenvalue weighted by Gasteiger charge is 2.39. The summed E-state index contributed by atoms with van der Waals surface area (Å²) < 4.78 is 5.24. The minimum atomic E-state index is -0.293. The van der Waals surface area contributed by atoms with Crippen LogP contribution in [0.1, 0.15) is 43.0 Å². The van der Waals surface area contributed by atoms with Crippen molar-refractivity contribution < 1.29 is 4.74 Å². The molecule has 1 aliphatic rings. The fourth-order valence-electron chi connectivity index (χ4n) is 2.60. The summed E-state index contributed by atoms with van der Waals surface area (Å²) in [6.07, 6.45) is 0.811. The van der Waals surface area contributed by atoms with Gasteiger partial charge in [0.15, 0.2) is 0 Å². The number of hydrogen-bond acceptors (Lipinski definition) is 2. The van der Waals surface area contributed by atoms with Crippen molar-refractivity contribution in [1.29, 1.82) is 5.26 Å². The first-order chi connectivity index (χ1) is 8.77. The lowest BCUT2D eigenvalue weighted by atomic mass is 9.77. The molecule has 0 aromatic heterocycles. The Hall–Kier alpha value is -1.33. The molecule has 0 radical (unpaired) electrons. The van der Waals surface area contributed by atoms with E-state index in [1.165, 1.54) is 22.3 Å². The van der Waals surface area contributed by atoms with Crippen molar-refractivity contribution in [3.8, 4) is 6.07 Å². The lowest BCUT2D eigenvalue weighted by Gasteiger charge is -2.36. The van der Waals surface area contributed by atoms with Gasteiger partial charge < -0.3 is 4.74 Å². The van der Waals surface area contributed by atoms with Crippen LogP contribution in [0.5, 0.6) is 0 Å². The molecule has 2 nitrogen and oxygen atoms in total. The summed E-state index contributed by atoms with van der Waals surface area (Å²) in [6, 6.07) is 6.98. The van der Waals surface area contributed by atoms with E-state index in [4.69, 9.17) is 4.74 Å². The van der Waals surface area contributed by atoms with E-state index >= 15 is 0 Å². The van der Waals surface area contributed by atoms with Crippen LogP contribution in [-0.2, 0) is 16.6 Å². The maximum Gasteiger partial charge on any atom is 0.108 e. The third kappa shape index (κ3) is 2.67. The smallest absolute Gasteiger partial charge is 0.108 e. The van der Waals surface area contributed by atoms with E-state index in [-0.39, 0.29) is 10.8 Å². The summed E-state index contributed by atoms with van der Waals surface area (Å²) in [7, 11) is 0. The van der Waals surface area contributed by atoms with Crippen LogP contribution in [-0.4, -0.2) is 13.2 Å². The Balaban J connectivity index is 2.35. The van der Waals surface area contributed by atoms with Crippen molar-refractivity contribution in [2.45, 2.75) is 46.5 Å². The van der Waals surface area contributed by atoms with Crippen LogP contribution in [0, 0.1) is 30.6 Å². The van der Waals surface area contributed by atoms with Crippen molar-refractivity contribution in [1.82, 2.24) is 0 Å². The molecule has 0 spiro atoms. The summed E-state index contributed by atoms with van der Waals surface area (Å²) in [5.41, 5.74) is 5.15. The Labute approximate surface area is 116 Å². The van der Waals surface area contributed by atoms with Gasteiger partial charge in [0.1, 0.15) is 5.41 Å². The molecule has 2 rings (SSSR count). The van der Waals surface area contributed by atoms with Crippen molar-refractivity contribution in [3.05, 3.63) is 34.4 Å². The number of benzene rings is 1. The largest absolute Gasteiger partial charge is 0.378 e. The van der Waals surface area contributed by atoms with Crippen LogP contribution < -0.4 is 0 Å². The number of aryl methyl sites for hydroxylation is 2. The lowest BCUT2D eigenvalue weighted by Crippen LogP contribution is -2.43. The first-order valence-electron chi connectivity index (χ1n) is 6.87. The van der Waals surface area contributed by atoms with Gasteiger partial charge >= 0.3 is 0 Å². The van der Waals surface area contributed by atoms with Gasteiger partial charge in [0, 0.05) is 0 Å². The average Bonchev–Trinajstić information content (AvgIpc) is 2.25. The van der Waals surface area contributed by atoms with Gasteiger partial charge in [0.05, 0.1) is 19.3 Å². The standard InChI is InChI=1S/C17H23NO/c1-12-6-14(16(3,4)5)7-13(2)15(12)8-17(9-18)10-19-11-17/h6-7H,8,10-11H2,1-5H3. The maximum absolute atomic E-state index is 9.33. The quantitative estimate of drug-likeness (QED) is 0.809. The van der Waals surface area contributed by atoms with E-state index < -0.39 is 0 Å². The zero-order chi connectivity index (χ0) is 14.3. The van der Waals surface area contributed by atoms with E-state index in [1.54, 1.807) is 0 Å². The second kappa shape index (κ2) is 4.65. The molecule has 0 bridgehead atoms. The minimum absolute atomic E-state index is 0.167. The third-order valence-electron chi connectivity index (χ3n) is 4.07. The van der Waals surface area contributed by atoms with Gasteiger partial charge in [-0.2, -0.15) is 5.26 Å². The molecule has 1 aliphatic heterocycles. The van der Waals surface area contributed by atoms with Gasteiger partial charge in [-0.3, -0.25) is 0 Å². The Morgan fingerprint density at radius 1 is 1.21 bits per heavy atom. The topological polar surface area (TPSA) is 33.0 Å². The molecule has 0 amide bonds. The van der Waals surface area contributed by atoms with Gasteiger partial charge in [-0.15, -0.1) is 0 Å². The Morgan fingerprint density at radius 3 is 2.05 bits per heavy atom. The van der Waals surface area contributed by atoms with Crippen molar-refractivity contribution >= 4 is 0 Å². The van der Waals surface area contributed by atoms with Gasteiger partial charge in [-0.1, -0.05) is 32.9 Å². The second-order valence-corrected chi connectivity index (χ2v) is 6.90. The molecule has 0 N–H and O–H groups in total. The Morgan fingerprint density at radius 2 is 1.74 bits per heavy atom. The number of rotatable bonds is 2. The minimum Gasteiger partial charge on any atom is -0.378 e. The molecule has 19 heavy (non-hydrogen) atoms. The summed E-state index contributed by atoms with van der Waals surface area (Å²) in [6.45, 7) is 12.2. The van der Waals surface area contributed by atoms with E-state index in [0.717, 1.165) is 6.42 Å². The fraction of sp³-hybridized carbons (Fsp3) is 0.588. The van der Waals surface area contributed by atoms with E-state index in [9.17, 15) is 5.26 Å². The molecule has 1 aromatic rings. The van der Waals surface area contributed by atoms with E-state index in [2.05, 4.69) is 52.8 Å². The Bertz CT molecular complexity index is 504. The molecule has 0 atom stereocenters. The van der Waals surface area contributed by atoms with Crippen LogP contribution in [0.3, 0.4) is 0 Å². The summed E-state index contributed by atoms with van der Waals surface area (Å²) in [4.78, 5) is 0. The average molecular weight is 257 g/mol. The highest BCUT2D eigenvalue weighted by Crippen LogP contribution is 2.35. The SMILES string of the molecule is Cc1cc(C(C)(C)C)cc(C)c1CC1(C#N)COC1. The number of nitriles is 1. The highest BCUT2D eigenvalue weighted by atomic mass is 16.5. The molecule has 2 heteroatoms. The van der Waals surface area contributed by atoms with Crippen LogP contribution >= 0.6 is 0 Å². The predicted molar refractivity (Wildman–Crippen MR) is 77.2 cm³/mol. The van der Waals surface area contributed by atoms with Crippen LogP contribution in [0.2, 0.25) is 0 Å². The number of nitrogens with zero attached hydrogens (tertiary/aromatic N) is 1. The van der Waals surface area contributed by atoms with E-state index in [1.807, 2.05) is 0 Å². The molecule has 1 aromatic carbocycles. The monoisotopic (exact) mass is 257 g/mol. The summed E-state index contributed by atoms with van der Waals surface area (Å²) >= 11 is 0. The van der Waals surface area contributed by atoms with Crippen molar-refractivity contribution in [2.24, 2.45) is 5.41 Å². The second-order valence-electron chi connectivity index (χ2n) is 6.90. The predicted octanol–water partition coefficient (Wildman–Crippen LogP) is 3.68. The number of ether oxygens (including phenoxy) is 1. The highest BCUT2D eigenvalue weighted by molar-refractivity contribution is 5.41. The van der Waals surface area contributed by atoms with Crippen LogP contribution in [0.15, 0.2) is 12.1 Å². The first kappa shape index (κ1) is 14.1. The zero-order valence-corrected chi connectivity index (χ0v) is 12.6. The molecule has 1 heterocycles. The van der Waals surface area contributed by atoms with Gasteiger partial charge in [0.25, 0.3) is 0 Å². The third-order valence-corrected chi connectivity index (χ3v) is 4.07. The first-order valence-corrected chi connectivity index (χ1v) is 6.87. The molecule has 0 saturated carbocycles. The lowest BCUT2D eigenvalue weighted by molar-refractivity contribution is -0.0766. The molecular weight excluding hydrogens is 234 g/mol. The zero-order valence-electron chi connectivity index (χ0n) is 12.6. The fourth-order valence-corrected chi connectivity index (χ4v) is 2.60. The molecule has 1 fully saturated rings. The molecule has 0 unspecified atom stereocenters. The summed E-state index contributed by atoms with van der Waals surface area (Å²) in [5.74, 6) is 0. The normalized spacial score (nSPS) is 17.7. The molecule has 1 saturated heterocycles.